The Hall–Kier alpha value is -3.09. The van der Waals surface area contributed by atoms with Crippen LogP contribution in [0.1, 0.15) is 16.1 Å². The summed E-state index contributed by atoms with van der Waals surface area (Å²) >= 11 is 0. The van der Waals surface area contributed by atoms with Gasteiger partial charge in [0.15, 0.2) is 0 Å². The van der Waals surface area contributed by atoms with Crippen molar-refractivity contribution in [3.63, 3.8) is 0 Å². The number of carbonyl (C=O) groups excluding carboxylic acids is 1. The zero-order valence-corrected chi connectivity index (χ0v) is 10.3. The van der Waals surface area contributed by atoms with Crippen LogP contribution in [0, 0.1) is 10.1 Å². The average molecular weight is 270 g/mol. The molecule has 0 bridgehead atoms. The highest BCUT2D eigenvalue weighted by molar-refractivity contribution is 5.93. The van der Waals surface area contributed by atoms with E-state index >= 15 is 0 Å². The highest BCUT2D eigenvalue weighted by atomic mass is 16.6. The van der Waals surface area contributed by atoms with E-state index in [1.807, 2.05) is 0 Å². The molecule has 0 unspecified atom stereocenters. The van der Waals surface area contributed by atoms with Crippen LogP contribution in [0.4, 0.5) is 5.69 Å². The van der Waals surface area contributed by atoms with Crippen molar-refractivity contribution in [2.75, 3.05) is 0 Å². The van der Waals surface area contributed by atoms with Crippen molar-refractivity contribution in [2.45, 2.75) is 0 Å². The van der Waals surface area contributed by atoms with Crippen molar-refractivity contribution in [3.05, 3.63) is 70.0 Å². The van der Waals surface area contributed by atoms with E-state index in [4.69, 9.17) is 0 Å². The summed E-state index contributed by atoms with van der Waals surface area (Å²) in [4.78, 5) is 25.5. The molecular weight excluding hydrogens is 260 g/mol. The van der Waals surface area contributed by atoms with Gasteiger partial charge in [-0.3, -0.25) is 19.9 Å². The van der Waals surface area contributed by atoms with Crippen LogP contribution in [0.5, 0.6) is 0 Å². The molecule has 0 atom stereocenters. The third kappa shape index (κ3) is 3.45. The summed E-state index contributed by atoms with van der Waals surface area (Å²) in [6.07, 6.45) is 2.90. The van der Waals surface area contributed by atoms with Crippen LogP contribution < -0.4 is 5.43 Å². The Morgan fingerprint density at radius 1 is 1.25 bits per heavy atom. The summed E-state index contributed by atoms with van der Waals surface area (Å²) < 4.78 is 0. The summed E-state index contributed by atoms with van der Waals surface area (Å²) in [6, 6.07) is 10.8. The molecule has 2 aromatic rings. The quantitative estimate of drug-likeness (QED) is 0.520. The second kappa shape index (κ2) is 6.19. The zero-order valence-electron chi connectivity index (χ0n) is 10.3. The lowest BCUT2D eigenvalue weighted by molar-refractivity contribution is -0.384. The van der Waals surface area contributed by atoms with Gasteiger partial charge >= 0.3 is 0 Å². The third-order valence-corrected chi connectivity index (χ3v) is 2.38. The summed E-state index contributed by atoms with van der Waals surface area (Å²) in [5.74, 6) is -0.427. The minimum atomic E-state index is -0.482. The Morgan fingerprint density at radius 3 is 2.60 bits per heavy atom. The minimum absolute atomic E-state index is 0.000305. The van der Waals surface area contributed by atoms with Crippen molar-refractivity contribution in [3.8, 4) is 0 Å². The molecule has 0 radical (unpaired) electrons. The Labute approximate surface area is 114 Å². The Balaban J connectivity index is 1.96. The van der Waals surface area contributed by atoms with Crippen LogP contribution in [0.25, 0.3) is 0 Å². The third-order valence-electron chi connectivity index (χ3n) is 2.38. The van der Waals surface area contributed by atoms with Gasteiger partial charge in [0, 0.05) is 18.3 Å². The molecule has 1 aromatic heterocycles. The van der Waals surface area contributed by atoms with Gasteiger partial charge in [0.05, 0.1) is 11.1 Å². The largest absolute Gasteiger partial charge is 0.289 e. The Morgan fingerprint density at radius 2 is 2.00 bits per heavy atom. The molecule has 0 aliphatic rings. The van der Waals surface area contributed by atoms with Crippen LogP contribution in [-0.4, -0.2) is 22.0 Å². The molecule has 0 fully saturated rings. The number of carbonyl (C=O) groups is 1. The van der Waals surface area contributed by atoms with Gasteiger partial charge in [0.25, 0.3) is 11.6 Å². The fraction of sp³-hybridized carbons (Fsp3) is 0. The van der Waals surface area contributed by atoms with Crippen molar-refractivity contribution < 1.29 is 9.72 Å². The normalized spacial score (nSPS) is 10.4. The first-order valence-corrected chi connectivity index (χ1v) is 5.66. The second-order valence-electron chi connectivity index (χ2n) is 3.76. The molecule has 20 heavy (non-hydrogen) atoms. The van der Waals surface area contributed by atoms with E-state index in [9.17, 15) is 14.9 Å². The highest BCUT2D eigenvalue weighted by Crippen LogP contribution is 2.10. The summed E-state index contributed by atoms with van der Waals surface area (Å²) in [5, 5.41) is 14.2. The molecule has 0 aliphatic carbocycles. The Kier molecular flexibility index (Phi) is 4.13. The molecule has 7 heteroatoms. The number of nitro benzene ring substituents is 1. The van der Waals surface area contributed by atoms with Gasteiger partial charge in [-0.2, -0.15) is 5.10 Å². The Bertz CT molecular complexity index is 638. The number of nitrogens with zero attached hydrogens (tertiary/aromatic N) is 3. The number of amides is 1. The number of hydrogen-bond acceptors (Lipinski definition) is 5. The minimum Gasteiger partial charge on any atom is -0.266 e. The van der Waals surface area contributed by atoms with E-state index in [1.54, 1.807) is 18.2 Å². The van der Waals surface area contributed by atoms with Crippen LogP contribution in [0.15, 0.2) is 53.8 Å². The van der Waals surface area contributed by atoms with Gasteiger partial charge in [-0.25, -0.2) is 5.43 Å². The van der Waals surface area contributed by atoms with Gasteiger partial charge in [-0.1, -0.05) is 6.07 Å². The van der Waals surface area contributed by atoms with E-state index in [0.717, 1.165) is 0 Å². The van der Waals surface area contributed by atoms with E-state index in [-0.39, 0.29) is 11.4 Å². The van der Waals surface area contributed by atoms with E-state index in [2.05, 4.69) is 15.5 Å². The number of hydrogen-bond donors (Lipinski definition) is 1. The molecular formula is C13H10N4O3. The summed E-state index contributed by atoms with van der Waals surface area (Å²) in [5.41, 5.74) is 3.21. The molecule has 1 heterocycles. The van der Waals surface area contributed by atoms with Crippen molar-refractivity contribution >= 4 is 17.8 Å². The van der Waals surface area contributed by atoms with Crippen LogP contribution in [-0.2, 0) is 0 Å². The van der Waals surface area contributed by atoms with Crippen LogP contribution >= 0.6 is 0 Å². The van der Waals surface area contributed by atoms with Gasteiger partial charge in [-0.15, -0.1) is 0 Å². The highest BCUT2D eigenvalue weighted by Gasteiger charge is 2.04. The first-order chi connectivity index (χ1) is 9.66. The lowest BCUT2D eigenvalue weighted by atomic mass is 10.2. The number of hydrazone groups is 1. The van der Waals surface area contributed by atoms with Gasteiger partial charge in [0.1, 0.15) is 5.69 Å². The molecule has 0 spiro atoms. The second-order valence-corrected chi connectivity index (χ2v) is 3.76. The summed E-state index contributed by atoms with van der Waals surface area (Å²) in [7, 11) is 0. The smallest absolute Gasteiger partial charge is 0.266 e. The predicted molar refractivity (Wildman–Crippen MR) is 72.4 cm³/mol. The van der Waals surface area contributed by atoms with Crippen molar-refractivity contribution in [1.29, 1.82) is 0 Å². The van der Waals surface area contributed by atoms with Gasteiger partial charge in [0.2, 0.25) is 0 Å². The molecule has 100 valence electrons. The number of benzene rings is 1. The zero-order chi connectivity index (χ0) is 14.4. The maximum Gasteiger partial charge on any atom is 0.289 e. The fourth-order valence-corrected chi connectivity index (χ4v) is 1.40. The average Bonchev–Trinajstić information content (AvgIpc) is 2.48. The number of nitro groups is 1. The molecule has 0 aliphatic heterocycles. The SMILES string of the molecule is O=C(N/N=C\c1ccc([N+](=O)[O-])cc1)c1ccccn1. The number of aromatic nitrogens is 1. The lowest BCUT2D eigenvalue weighted by Crippen LogP contribution is -2.18. The number of non-ortho nitro benzene ring substituents is 1. The molecule has 0 saturated heterocycles. The topological polar surface area (TPSA) is 97.5 Å². The maximum absolute atomic E-state index is 11.6. The molecule has 2 rings (SSSR count). The predicted octanol–water partition coefficient (Wildman–Crippen LogP) is 1.75. The lowest BCUT2D eigenvalue weighted by Gasteiger charge is -1.98. The number of pyridine rings is 1. The molecule has 0 saturated carbocycles. The van der Waals surface area contributed by atoms with Crippen molar-refractivity contribution in [2.24, 2.45) is 5.10 Å². The number of nitrogens with one attached hydrogen (secondary N) is 1. The fourth-order valence-electron chi connectivity index (χ4n) is 1.40. The van der Waals surface area contributed by atoms with Gasteiger partial charge in [-0.05, 0) is 29.8 Å². The molecule has 1 N–H and O–H groups in total. The molecule has 1 aromatic carbocycles. The first-order valence-electron chi connectivity index (χ1n) is 5.66. The van der Waals surface area contributed by atoms with Gasteiger partial charge < -0.3 is 0 Å². The molecule has 1 amide bonds. The van der Waals surface area contributed by atoms with E-state index in [1.165, 1.54) is 36.7 Å². The van der Waals surface area contributed by atoms with E-state index in [0.29, 0.717) is 5.56 Å². The number of rotatable bonds is 4. The standard InChI is InChI=1S/C13H10N4O3/c18-13(12-3-1-2-8-14-12)16-15-9-10-4-6-11(7-5-10)17(19)20/h1-9H,(H,16,18)/b15-9-. The van der Waals surface area contributed by atoms with E-state index < -0.39 is 10.8 Å². The first kappa shape index (κ1) is 13.3. The van der Waals surface area contributed by atoms with Crippen LogP contribution in [0.2, 0.25) is 0 Å². The maximum atomic E-state index is 11.6. The summed E-state index contributed by atoms with van der Waals surface area (Å²) in [6.45, 7) is 0. The molecule has 7 nitrogen and oxygen atoms in total. The monoisotopic (exact) mass is 270 g/mol. The van der Waals surface area contributed by atoms with Crippen molar-refractivity contribution in [1.82, 2.24) is 10.4 Å². The van der Waals surface area contributed by atoms with Crippen LogP contribution in [0.3, 0.4) is 0 Å².